The van der Waals surface area contributed by atoms with E-state index in [9.17, 15) is 0 Å². The van der Waals surface area contributed by atoms with Gasteiger partial charge in [0.1, 0.15) is 5.65 Å². The Balaban J connectivity index is 1.42. The first-order valence-corrected chi connectivity index (χ1v) is 10.8. The molecule has 3 aromatic heterocycles. The molecule has 1 saturated heterocycles. The lowest BCUT2D eigenvalue weighted by atomic mass is 9.89. The van der Waals surface area contributed by atoms with Crippen LogP contribution >= 0.6 is 11.3 Å². The molecule has 0 atom stereocenters. The van der Waals surface area contributed by atoms with Crippen molar-refractivity contribution in [2.24, 2.45) is 0 Å². The summed E-state index contributed by atoms with van der Waals surface area (Å²) in [4.78, 5) is 9.67. The number of pyridine rings is 1. The SMILES string of the molecule is Cc1ccc(-c2cnc3cc(-c4ccc(C5CCN(C)CC5)cc4)ccn23)s1. The van der Waals surface area contributed by atoms with Crippen LogP contribution in [0.5, 0.6) is 0 Å². The van der Waals surface area contributed by atoms with Crippen molar-refractivity contribution in [1.29, 1.82) is 0 Å². The van der Waals surface area contributed by atoms with Crippen molar-refractivity contribution in [1.82, 2.24) is 14.3 Å². The van der Waals surface area contributed by atoms with Gasteiger partial charge in [-0.25, -0.2) is 4.98 Å². The molecule has 0 amide bonds. The number of nitrogens with zero attached hydrogens (tertiary/aromatic N) is 3. The van der Waals surface area contributed by atoms with Gasteiger partial charge in [-0.1, -0.05) is 24.3 Å². The molecule has 4 heterocycles. The van der Waals surface area contributed by atoms with E-state index in [1.807, 2.05) is 17.5 Å². The van der Waals surface area contributed by atoms with Gasteiger partial charge in [-0.15, -0.1) is 11.3 Å². The van der Waals surface area contributed by atoms with Crippen molar-refractivity contribution in [2.45, 2.75) is 25.7 Å². The number of fused-ring (bicyclic) bond motifs is 1. The van der Waals surface area contributed by atoms with Crippen LogP contribution < -0.4 is 0 Å². The number of imidazole rings is 1. The molecule has 4 aromatic rings. The van der Waals surface area contributed by atoms with Gasteiger partial charge in [0.15, 0.2) is 0 Å². The number of likely N-dealkylation sites (tertiary alicyclic amines) is 1. The number of aromatic nitrogens is 2. The molecule has 0 radical (unpaired) electrons. The Hall–Kier alpha value is -2.43. The molecule has 1 aromatic carbocycles. The molecular formula is C24H25N3S. The third kappa shape index (κ3) is 3.27. The number of rotatable bonds is 3. The van der Waals surface area contributed by atoms with Crippen LogP contribution in [0.25, 0.3) is 27.3 Å². The van der Waals surface area contributed by atoms with Gasteiger partial charge < -0.3 is 4.90 Å². The molecule has 0 spiro atoms. The first-order chi connectivity index (χ1) is 13.7. The molecule has 28 heavy (non-hydrogen) atoms. The average Bonchev–Trinajstić information content (AvgIpc) is 3.34. The summed E-state index contributed by atoms with van der Waals surface area (Å²) in [5, 5.41) is 0. The highest BCUT2D eigenvalue weighted by Gasteiger charge is 2.18. The number of aryl methyl sites for hydroxylation is 1. The van der Waals surface area contributed by atoms with Crippen LogP contribution in [0.15, 0.2) is 60.9 Å². The smallest absolute Gasteiger partial charge is 0.137 e. The predicted molar refractivity (Wildman–Crippen MR) is 118 cm³/mol. The average molecular weight is 388 g/mol. The normalized spacial score (nSPS) is 16.1. The molecule has 0 bridgehead atoms. The van der Waals surface area contributed by atoms with E-state index in [1.54, 1.807) is 0 Å². The maximum Gasteiger partial charge on any atom is 0.137 e. The van der Waals surface area contributed by atoms with Crippen molar-refractivity contribution < 1.29 is 0 Å². The number of hydrogen-bond donors (Lipinski definition) is 0. The lowest BCUT2D eigenvalue weighted by molar-refractivity contribution is 0.255. The topological polar surface area (TPSA) is 20.5 Å². The lowest BCUT2D eigenvalue weighted by Crippen LogP contribution is -2.29. The Morgan fingerprint density at radius 3 is 2.46 bits per heavy atom. The molecular weight excluding hydrogens is 362 g/mol. The van der Waals surface area contributed by atoms with E-state index in [-0.39, 0.29) is 0 Å². The Bertz CT molecular complexity index is 1100. The third-order valence-electron chi connectivity index (χ3n) is 5.94. The molecule has 3 nitrogen and oxygen atoms in total. The quantitative estimate of drug-likeness (QED) is 0.440. The van der Waals surface area contributed by atoms with Gasteiger partial charge in [-0.2, -0.15) is 0 Å². The largest absolute Gasteiger partial charge is 0.306 e. The third-order valence-corrected chi connectivity index (χ3v) is 6.96. The van der Waals surface area contributed by atoms with Crippen LogP contribution in [-0.4, -0.2) is 34.4 Å². The summed E-state index contributed by atoms with van der Waals surface area (Å²) < 4.78 is 2.18. The summed E-state index contributed by atoms with van der Waals surface area (Å²) in [7, 11) is 2.22. The zero-order valence-electron chi connectivity index (χ0n) is 16.4. The molecule has 5 rings (SSSR count). The van der Waals surface area contributed by atoms with Gasteiger partial charge >= 0.3 is 0 Å². The van der Waals surface area contributed by atoms with Crippen molar-refractivity contribution in [3.63, 3.8) is 0 Å². The van der Waals surface area contributed by atoms with Crippen LogP contribution in [0.4, 0.5) is 0 Å². The van der Waals surface area contributed by atoms with E-state index in [1.165, 1.54) is 52.4 Å². The van der Waals surface area contributed by atoms with Gasteiger partial charge in [0.2, 0.25) is 0 Å². The lowest BCUT2D eigenvalue weighted by Gasteiger charge is -2.29. The highest BCUT2D eigenvalue weighted by Crippen LogP contribution is 2.31. The van der Waals surface area contributed by atoms with Crippen LogP contribution in [0.1, 0.15) is 29.2 Å². The summed E-state index contributed by atoms with van der Waals surface area (Å²) >= 11 is 1.81. The fourth-order valence-corrected chi connectivity index (χ4v) is 5.08. The molecule has 0 aliphatic carbocycles. The van der Waals surface area contributed by atoms with E-state index in [2.05, 4.69) is 83.0 Å². The summed E-state index contributed by atoms with van der Waals surface area (Å²) in [6.07, 6.45) is 6.65. The van der Waals surface area contributed by atoms with E-state index in [0.717, 1.165) is 11.3 Å². The molecule has 0 saturated carbocycles. The van der Waals surface area contributed by atoms with E-state index < -0.39 is 0 Å². The van der Waals surface area contributed by atoms with Crippen molar-refractivity contribution >= 4 is 17.0 Å². The molecule has 0 unspecified atom stereocenters. The number of piperidine rings is 1. The fraction of sp³-hybridized carbons (Fsp3) is 0.292. The van der Waals surface area contributed by atoms with Gasteiger partial charge in [0, 0.05) is 11.1 Å². The van der Waals surface area contributed by atoms with E-state index in [4.69, 9.17) is 0 Å². The van der Waals surface area contributed by atoms with Crippen molar-refractivity contribution in [3.8, 4) is 21.7 Å². The van der Waals surface area contributed by atoms with Crippen LogP contribution in [0.3, 0.4) is 0 Å². The first kappa shape index (κ1) is 17.7. The molecule has 0 N–H and O–H groups in total. The summed E-state index contributed by atoms with van der Waals surface area (Å²) in [5.74, 6) is 0.705. The maximum absolute atomic E-state index is 4.65. The van der Waals surface area contributed by atoms with Gasteiger partial charge in [0.05, 0.1) is 16.8 Å². The van der Waals surface area contributed by atoms with Crippen molar-refractivity contribution in [2.75, 3.05) is 20.1 Å². The predicted octanol–water partition coefficient (Wildman–Crippen LogP) is 5.85. The highest BCUT2D eigenvalue weighted by atomic mass is 32.1. The monoisotopic (exact) mass is 387 g/mol. The zero-order valence-corrected chi connectivity index (χ0v) is 17.2. The van der Waals surface area contributed by atoms with Gasteiger partial charge in [-0.3, -0.25) is 4.40 Å². The van der Waals surface area contributed by atoms with Crippen LogP contribution in [0, 0.1) is 6.92 Å². The number of thiophene rings is 1. The minimum absolute atomic E-state index is 0.705. The fourth-order valence-electron chi connectivity index (χ4n) is 4.20. The van der Waals surface area contributed by atoms with Crippen LogP contribution in [0.2, 0.25) is 0 Å². The number of hydrogen-bond acceptors (Lipinski definition) is 3. The summed E-state index contributed by atoms with van der Waals surface area (Å²) in [6.45, 7) is 4.55. The maximum atomic E-state index is 4.65. The Morgan fingerprint density at radius 1 is 0.964 bits per heavy atom. The Morgan fingerprint density at radius 2 is 1.75 bits per heavy atom. The minimum Gasteiger partial charge on any atom is -0.306 e. The van der Waals surface area contributed by atoms with Gasteiger partial charge in [-0.05, 0) is 86.8 Å². The van der Waals surface area contributed by atoms with E-state index >= 15 is 0 Å². The first-order valence-electron chi connectivity index (χ1n) is 10.0. The second-order valence-electron chi connectivity index (χ2n) is 7.90. The second-order valence-corrected chi connectivity index (χ2v) is 9.18. The van der Waals surface area contributed by atoms with E-state index in [0.29, 0.717) is 5.92 Å². The Kier molecular flexibility index (Phi) is 4.53. The minimum atomic E-state index is 0.705. The van der Waals surface area contributed by atoms with Crippen LogP contribution in [-0.2, 0) is 0 Å². The molecule has 1 aliphatic rings. The summed E-state index contributed by atoms with van der Waals surface area (Å²) in [6, 6.07) is 17.9. The Labute approximate surface area is 170 Å². The van der Waals surface area contributed by atoms with Crippen molar-refractivity contribution in [3.05, 3.63) is 71.4 Å². The zero-order chi connectivity index (χ0) is 19.1. The van der Waals surface area contributed by atoms with Gasteiger partial charge in [0.25, 0.3) is 0 Å². The summed E-state index contributed by atoms with van der Waals surface area (Å²) in [5.41, 5.74) is 6.13. The highest BCUT2D eigenvalue weighted by molar-refractivity contribution is 7.15. The molecule has 4 heteroatoms. The number of benzene rings is 1. The molecule has 1 fully saturated rings. The molecule has 1 aliphatic heterocycles. The molecule has 142 valence electrons. The standard InChI is InChI=1S/C24H25N3S/c1-17-3-8-23(28-17)22-16-25-24-15-21(11-14-27(22)24)19-6-4-18(5-7-19)20-9-12-26(2)13-10-20/h3-8,11,14-16,20H,9-10,12-13H2,1-2H3. The second kappa shape index (κ2) is 7.19.